The summed E-state index contributed by atoms with van der Waals surface area (Å²) in [5, 5.41) is 3.51. The van der Waals surface area contributed by atoms with Crippen molar-refractivity contribution in [2.24, 2.45) is 0 Å². The standard InChI is InChI=1S/C15H18N2O3/c1-4-20-15(19)10(3)17-14(18)13-9(2)16-12-8-6-5-7-11(12)13/h5-8,10,16H,4H2,1-3H3,(H,17,18). The third-order valence-electron chi connectivity index (χ3n) is 3.11. The van der Waals surface area contributed by atoms with E-state index in [4.69, 9.17) is 4.74 Å². The highest BCUT2D eigenvalue weighted by Gasteiger charge is 2.21. The molecule has 1 heterocycles. The van der Waals surface area contributed by atoms with Crippen molar-refractivity contribution in [3.63, 3.8) is 0 Å². The molecule has 5 heteroatoms. The van der Waals surface area contributed by atoms with E-state index in [2.05, 4.69) is 10.3 Å². The van der Waals surface area contributed by atoms with E-state index >= 15 is 0 Å². The summed E-state index contributed by atoms with van der Waals surface area (Å²) < 4.78 is 4.88. The molecule has 0 bridgehead atoms. The number of aromatic amines is 1. The molecule has 20 heavy (non-hydrogen) atoms. The summed E-state index contributed by atoms with van der Waals surface area (Å²) in [6.07, 6.45) is 0. The van der Waals surface area contributed by atoms with Crippen LogP contribution in [0.25, 0.3) is 10.9 Å². The van der Waals surface area contributed by atoms with Gasteiger partial charge in [0.25, 0.3) is 5.91 Å². The van der Waals surface area contributed by atoms with Crippen molar-refractivity contribution in [3.8, 4) is 0 Å². The summed E-state index contributed by atoms with van der Waals surface area (Å²) >= 11 is 0. The molecule has 0 saturated heterocycles. The number of H-pyrrole nitrogens is 1. The fourth-order valence-electron chi connectivity index (χ4n) is 2.16. The van der Waals surface area contributed by atoms with Crippen molar-refractivity contribution in [2.45, 2.75) is 26.8 Å². The quantitative estimate of drug-likeness (QED) is 0.839. The van der Waals surface area contributed by atoms with Crippen LogP contribution in [-0.2, 0) is 9.53 Å². The van der Waals surface area contributed by atoms with E-state index < -0.39 is 12.0 Å². The number of amides is 1. The number of hydrogen-bond donors (Lipinski definition) is 2. The highest BCUT2D eigenvalue weighted by atomic mass is 16.5. The molecule has 2 N–H and O–H groups in total. The van der Waals surface area contributed by atoms with Gasteiger partial charge in [-0.05, 0) is 26.8 Å². The van der Waals surface area contributed by atoms with Crippen LogP contribution in [0.15, 0.2) is 24.3 Å². The van der Waals surface area contributed by atoms with Gasteiger partial charge < -0.3 is 15.0 Å². The van der Waals surface area contributed by atoms with Crippen LogP contribution >= 0.6 is 0 Å². The molecule has 1 aromatic carbocycles. The zero-order valence-corrected chi connectivity index (χ0v) is 11.8. The minimum absolute atomic E-state index is 0.277. The Kier molecular flexibility index (Phi) is 4.08. The number of aryl methyl sites for hydroxylation is 1. The number of aromatic nitrogens is 1. The summed E-state index contributed by atoms with van der Waals surface area (Å²) in [7, 11) is 0. The SMILES string of the molecule is CCOC(=O)C(C)NC(=O)c1c(C)[nH]c2ccccc12. The van der Waals surface area contributed by atoms with Crippen LogP contribution < -0.4 is 5.32 Å². The first-order valence-electron chi connectivity index (χ1n) is 6.59. The minimum Gasteiger partial charge on any atom is -0.464 e. The Bertz CT molecular complexity index is 646. The summed E-state index contributed by atoms with van der Waals surface area (Å²) in [4.78, 5) is 27.0. The average molecular weight is 274 g/mol. The lowest BCUT2D eigenvalue weighted by Crippen LogP contribution is -2.39. The second kappa shape index (κ2) is 5.77. The zero-order valence-electron chi connectivity index (χ0n) is 11.8. The van der Waals surface area contributed by atoms with Gasteiger partial charge >= 0.3 is 5.97 Å². The van der Waals surface area contributed by atoms with Gasteiger partial charge in [-0.1, -0.05) is 18.2 Å². The van der Waals surface area contributed by atoms with Gasteiger partial charge in [-0.2, -0.15) is 0 Å². The number of ether oxygens (including phenoxy) is 1. The molecule has 1 atom stereocenters. The van der Waals surface area contributed by atoms with E-state index in [0.717, 1.165) is 16.6 Å². The molecule has 5 nitrogen and oxygen atoms in total. The lowest BCUT2D eigenvalue weighted by molar-refractivity contribution is -0.144. The fourth-order valence-corrected chi connectivity index (χ4v) is 2.16. The van der Waals surface area contributed by atoms with Gasteiger partial charge in [0.1, 0.15) is 6.04 Å². The minimum atomic E-state index is -0.671. The number of rotatable bonds is 4. The predicted molar refractivity (Wildman–Crippen MR) is 76.6 cm³/mol. The number of carbonyl (C=O) groups is 2. The second-order valence-electron chi connectivity index (χ2n) is 4.62. The summed E-state index contributed by atoms with van der Waals surface area (Å²) in [6, 6.07) is 6.90. The number of nitrogens with one attached hydrogen (secondary N) is 2. The summed E-state index contributed by atoms with van der Waals surface area (Å²) in [5.41, 5.74) is 2.25. The zero-order chi connectivity index (χ0) is 14.7. The van der Waals surface area contributed by atoms with Crippen LogP contribution in [0, 0.1) is 6.92 Å². The molecule has 106 valence electrons. The van der Waals surface area contributed by atoms with Gasteiger partial charge in [0, 0.05) is 16.6 Å². The number of hydrogen-bond acceptors (Lipinski definition) is 3. The maximum atomic E-state index is 12.3. The Morgan fingerprint density at radius 1 is 1.35 bits per heavy atom. The number of fused-ring (bicyclic) bond motifs is 1. The fraction of sp³-hybridized carbons (Fsp3) is 0.333. The smallest absolute Gasteiger partial charge is 0.328 e. The van der Waals surface area contributed by atoms with Crippen LogP contribution in [0.2, 0.25) is 0 Å². The molecule has 1 amide bonds. The van der Waals surface area contributed by atoms with E-state index in [1.165, 1.54) is 0 Å². The lowest BCUT2D eigenvalue weighted by Gasteiger charge is -2.12. The van der Waals surface area contributed by atoms with Crippen molar-refractivity contribution in [3.05, 3.63) is 35.5 Å². The Morgan fingerprint density at radius 3 is 2.75 bits per heavy atom. The molecule has 1 aromatic heterocycles. The van der Waals surface area contributed by atoms with Crippen LogP contribution in [-0.4, -0.2) is 29.5 Å². The second-order valence-corrected chi connectivity index (χ2v) is 4.62. The maximum Gasteiger partial charge on any atom is 0.328 e. The average Bonchev–Trinajstić information content (AvgIpc) is 2.74. The highest BCUT2D eigenvalue weighted by Crippen LogP contribution is 2.21. The van der Waals surface area contributed by atoms with Gasteiger partial charge in [0.2, 0.25) is 0 Å². The van der Waals surface area contributed by atoms with E-state index in [9.17, 15) is 9.59 Å². The van der Waals surface area contributed by atoms with Crippen molar-refractivity contribution in [1.29, 1.82) is 0 Å². The highest BCUT2D eigenvalue weighted by molar-refractivity contribution is 6.08. The van der Waals surface area contributed by atoms with E-state index in [-0.39, 0.29) is 5.91 Å². The molecule has 1 unspecified atom stereocenters. The van der Waals surface area contributed by atoms with E-state index in [1.54, 1.807) is 13.8 Å². The molecule has 0 radical (unpaired) electrons. The topological polar surface area (TPSA) is 71.2 Å². The lowest BCUT2D eigenvalue weighted by atomic mass is 10.1. The van der Waals surface area contributed by atoms with Crippen molar-refractivity contribution in [2.75, 3.05) is 6.61 Å². The van der Waals surface area contributed by atoms with E-state index in [0.29, 0.717) is 12.2 Å². The predicted octanol–water partition coefficient (Wildman–Crippen LogP) is 2.16. The number of esters is 1. The van der Waals surface area contributed by atoms with Crippen LogP contribution in [0.3, 0.4) is 0 Å². The van der Waals surface area contributed by atoms with Crippen molar-refractivity contribution in [1.82, 2.24) is 10.3 Å². The van der Waals surface area contributed by atoms with Crippen LogP contribution in [0.5, 0.6) is 0 Å². The monoisotopic (exact) mass is 274 g/mol. The Morgan fingerprint density at radius 2 is 2.05 bits per heavy atom. The third-order valence-corrected chi connectivity index (χ3v) is 3.11. The normalized spacial score (nSPS) is 12.2. The molecule has 0 saturated carbocycles. The Hall–Kier alpha value is -2.30. The Balaban J connectivity index is 2.23. The molecular formula is C15H18N2O3. The maximum absolute atomic E-state index is 12.3. The summed E-state index contributed by atoms with van der Waals surface area (Å²) in [5.74, 6) is -0.709. The number of carbonyl (C=O) groups excluding carboxylic acids is 2. The van der Waals surface area contributed by atoms with Crippen LogP contribution in [0.1, 0.15) is 29.9 Å². The van der Waals surface area contributed by atoms with Crippen molar-refractivity contribution >= 4 is 22.8 Å². The number of para-hydroxylation sites is 1. The summed E-state index contributed by atoms with van der Waals surface area (Å²) in [6.45, 7) is 5.48. The number of benzene rings is 1. The molecule has 2 aromatic rings. The molecule has 2 rings (SSSR count). The van der Waals surface area contributed by atoms with Gasteiger partial charge in [0.05, 0.1) is 12.2 Å². The van der Waals surface area contributed by atoms with Gasteiger partial charge in [-0.25, -0.2) is 4.79 Å². The molecule has 0 fully saturated rings. The first-order valence-corrected chi connectivity index (χ1v) is 6.59. The molecule has 0 spiro atoms. The third kappa shape index (κ3) is 2.66. The van der Waals surface area contributed by atoms with E-state index in [1.807, 2.05) is 31.2 Å². The van der Waals surface area contributed by atoms with Crippen LogP contribution in [0.4, 0.5) is 0 Å². The van der Waals surface area contributed by atoms with Gasteiger partial charge in [0.15, 0.2) is 0 Å². The molecule has 0 aliphatic carbocycles. The van der Waals surface area contributed by atoms with Gasteiger partial charge in [-0.15, -0.1) is 0 Å². The largest absolute Gasteiger partial charge is 0.464 e. The first kappa shape index (κ1) is 14.1. The Labute approximate surface area is 117 Å². The first-order chi connectivity index (χ1) is 9.54. The molecule has 0 aliphatic rings. The van der Waals surface area contributed by atoms with Gasteiger partial charge in [-0.3, -0.25) is 4.79 Å². The molecular weight excluding hydrogens is 256 g/mol. The van der Waals surface area contributed by atoms with Crippen molar-refractivity contribution < 1.29 is 14.3 Å². The molecule has 0 aliphatic heterocycles.